The van der Waals surface area contributed by atoms with Crippen molar-refractivity contribution in [3.63, 3.8) is 0 Å². The zero-order valence-corrected chi connectivity index (χ0v) is 10.9. The van der Waals surface area contributed by atoms with E-state index in [0.717, 1.165) is 42.6 Å². The summed E-state index contributed by atoms with van der Waals surface area (Å²) >= 11 is 0. The van der Waals surface area contributed by atoms with Crippen LogP contribution in [-0.4, -0.2) is 12.9 Å². The molecule has 0 N–H and O–H groups in total. The monoisotopic (exact) mass is 232 g/mol. The highest BCUT2D eigenvalue weighted by molar-refractivity contribution is 6.03. The van der Waals surface area contributed by atoms with E-state index >= 15 is 0 Å². The van der Waals surface area contributed by atoms with Gasteiger partial charge in [-0.2, -0.15) is 0 Å². The van der Waals surface area contributed by atoms with Crippen LogP contribution >= 0.6 is 0 Å². The van der Waals surface area contributed by atoms with Crippen LogP contribution in [0.4, 0.5) is 0 Å². The summed E-state index contributed by atoms with van der Waals surface area (Å²) in [5, 5.41) is 0. The van der Waals surface area contributed by atoms with Crippen LogP contribution in [0.15, 0.2) is 18.2 Å². The number of ether oxygens (including phenoxy) is 1. The van der Waals surface area contributed by atoms with E-state index in [0.29, 0.717) is 5.78 Å². The van der Waals surface area contributed by atoms with Gasteiger partial charge in [0.15, 0.2) is 5.78 Å². The maximum atomic E-state index is 12.6. The highest BCUT2D eigenvalue weighted by Gasteiger charge is 2.40. The predicted molar refractivity (Wildman–Crippen MR) is 68.7 cm³/mol. The summed E-state index contributed by atoms with van der Waals surface area (Å²) in [7, 11) is 1.67. The van der Waals surface area contributed by atoms with Crippen LogP contribution < -0.4 is 4.74 Å². The molecule has 1 aromatic carbocycles. The van der Waals surface area contributed by atoms with Gasteiger partial charge in [-0.1, -0.05) is 26.0 Å². The Morgan fingerprint density at radius 1 is 1.29 bits per heavy atom. The van der Waals surface area contributed by atoms with Crippen molar-refractivity contribution in [3.05, 3.63) is 29.3 Å². The number of carbonyl (C=O) groups is 1. The lowest BCUT2D eigenvalue weighted by Crippen LogP contribution is -2.35. The molecule has 1 aliphatic carbocycles. The van der Waals surface area contributed by atoms with E-state index in [2.05, 4.69) is 13.8 Å². The lowest BCUT2D eigenvalue weighted by Gasteiger charge is -2.35. The molecule has 0 atom stereocenters. The molecule has 0 heterocycles. The van der Waals surface area contributed by atoms with Gasteiger partial charge < -0.3 is 4.74 Å². The number of hydrogen-bond acceptors (Lipinski definition) is 2. The minimum absolute atomic E-state index is 0.140. The first-order chi connectivity index (χ1) is 8.18. The van der Waals surface area contributed by atoms with Gasteiger partial charge in [0.25, 0.3) is 0 Å². The summed E-state index contributed by atoms with van der Waals surface area (Å²) in [6.45, 7) is 4.24. The summed E-state index contributed by atoms with van der Waals surface area (Å²) < 4.78 is 5.34. The first-order valence-electron chi connectivity index (χ1n) is 6.39. The number of methoxy groups -OCH3 is 1. The molecule has 2 nitrogen and oxygen atoms in total. The fraction of sp³-hybridized carbons (Fsp3) is 0.533. The zero-order valence-electron chi connectivity index (χ0n) is 10.9. The summed E-state index contributed by atoms with van der Waals surface area (Å²) in [5.41, 5.74) is 1.83. The van der Waals surface area contributed by atoms with Crippen molar-refractivity contribution < 1.29 is 9.53 Å². The van der Waals surface area contributed by atoms with Crippen LogP contribution in [0.1, 0.15) is 49.0 Å². The van der Waals surface area contributed by atoms with Gasteiger partial charge in [0.1, 0.15) is 5.75 Å². The van der Waals surface area contributed by atoms with Gasteiger partial charge in [0.05, 0.1) is 7.11 Å². The molecule has 0 unspecified atom stereocenters. The SMILES string of the molecule is CCC1(CC)CCc2c(OC)cccc2C1=O. The van der Waals surface area contributed by atoms with Crippen molar-refractivity contribution in [2.45, 2.75) is 39.5 Å². The van der Waals surface area contributed by atoms with Gasteiger partial charge in [-0.05, 0) is 31.7 Å². The molecule has 0 aromatic heterocycles. The topological polar surface area (TPSA) is 26.3 Å². The molecule has 2 rings (SSSR count). The maximum absolute atomic E-state index is 12.6. The number of Topliss-reactive ketones (excluding diaryl/α,β-unsaturated/α-hetero) is 1. The van der Waals surface area contributed by atoms with E-state index in [9.17, 15) is 4.79 Å². The first kappa shape index (κ1) is 12.2. The maximum Gasteiger partial charge on any atom is 0.169 e. The van der Waals surface area contributed by atoms with Crippen molar-refractivity contribution in [3.8, 4) is 5.75 Å². The van der Waals surface area contributed by atoms with Crippen molar-refractivity contribution in [1.82, 2.24) is 0 Å². The first-order valence-corrected chi connectivity index (χ1v) is 6.39. The highest BCUT2D eigenvalue weighted by atomic mass is 16.5. The Balaban J connectivity index is 2.50. The van der Waals surface area contributed by atoms with Crippen molar-refractivity contribution in [2.75, 3.05) is 7.11 Å². The summed E-state index contributed by atoms with van der Waals surface area (Å²) in [6, 6.07) is 5.80. The van der Waals surface area contributed by atoms with E-state index in [1.165, 1.54) is 0 Å². The van der Waals surface area contributed by atoms with E-state index < -0.39 is 0 Å². The predicted octanol–water partition coefficient (Wildman–Crippen LogP) is 3.63. The number of rotatable bonds is 3. The number of ketones is 1. The molecule has 0 bridgehead atoms. The van der Waals surface area contributed by atoms with Crippen LogP contribution in [0, 0.1) is 5.41 Å². The van der Waals surface area contributed by atoms with Gasteiger partial charge in [-0.25, -0.2) is 0 Å². The third-order valence-corrected chi connectivity index (χ3v) is 4.29. The van der Waals surface area contributed by atoms with Crippen LogP contribution in [0.3, 0.4) is 0 Å². The molecule has 0 fully saturated rings. The quantitative estimate of drug-likeness (QED) is 0.795. The van der Waals surface area contributed by atoms with Crippen molar-refractivity contribution >= 4 is 5.78 Å². The molecular weight excluding hydrogens is 212 g/mol. The highest BCUT2D eigenvalue weighted by Crippen LogP contribution is 2.43. The van der Waals surface area contributed by atoms with Crippen LogP contribution in [0.25, 0.3) is 0 Å². The Hall–Kier alpha value is -1.31. The molecular formula is C15H20O2. The normalized spacial score (nSPS) is 17.7. The fourth-order valence-electron chi connectivity index (χ4n) is 2.92. The molecule has 92 valence electrons. The van der Waals surface area contributed by atoms with Crippen molar-refractivity contribution in [2.24, 2.45) is 5.41 Å². The lowest BCUT2D eigenvalue weighted by molar-refractivity contribution is 0.0737. The van der Waals surface area contributed by atoms with Crippen LogP contribution in [0.2, 0.25) is 0 Å². The number of fused-ring (bicyclic) bond motifs is 1. The minimum atomic E-state index is -0.140. The average Bonchev–Trinajstić information content (AvgIpc) is 2.39. The standard InChI is InChI=1S/C15H20O2/c1-4-15(5-2)10-9-11-12(14(15)16)7-6-8-13(11)17-3/h6-8H,4-5,9-10H2,1-3H3. The van der Waals surface area contributed by atoms with E-state index in [1.54, 1.807) is 7.11 Å². The second kappa shape index (κ2) is 4.52. The molecule has 2 heteroatoms. The minimum Gasteiger partial charge on any atom is -0.496 e. The second-order valence-electron chi connectivity index (χ2n) is 4.80. The average molecular weight is 232 g/mol. The number of benzene rings is 1. The molecule has 0 amide bonds. The van der Waals surface area contributed by atoms with E-state index in [4.69, 9.17) is 4.74 Å². The summed E-state index contributed by atoms with van der Waals surface area (Å²) in [4.78, 5) is 12.6. The Morgan fingerprint density at radius 3 is 2.59 bits per heavy atom. The third-order valence-electron chi connectivity index (χ3n) is 4.29. The molecule has 0 aliphatic heterocycles. The van der Waals surface area contributed by atoms with Crippen LogP contribution in [-0.2, 0) is 6.42 Å². The van der Waals surface area contributed by atoms with Gasteiger partial charge in [0.2, 0.25) is 0 Å². The second-order valence-corrected chi connectivity index (χ2v) is 4.80. The largest absolute Gasteiger partial charge is 0.496 e. The van der Waals surface area contributed by atoms with Crippen LogP contribution in [0.5, 0.6) is 5.75 Å². The molecule has 0 saturated carbocycles. The van der Waals surface area contributed by atoms with E-state index in [-0.39, 0.29) is 5.41 Å². The molecule has 0 spiro atoms. The molecule has 0 radical (unpaired) electrons. The van der Waals surface area contributed by atoms with Gasteiger partial charge in [-0.3, -0.25) is 4.79 Å². The molecule has 1 aromatic rings. The smallest absolute Gasteiger partial charge is 0.169 e. The Labute approximate surface area is 103 Å². The lowest BCUT2D eigenvalue weighted by atomic mass is 9.67. The Kier molecular flexibility index (Phi) is 3.23. The summed E-state index contributed by atoms with van der Waals surface area (Å²) in [6.07, 6.45) is 3.76. The Morgan fingerprint density at radius 2 is 2.00 bits per heavy atom. The van der Waals surface area contributed by atoms with Gasteiger partial charge >= 0.3 is 0 Å². The molecule has 0 saturated heterocycles. The van der Waals surface area contributed by atoms with Gasteiger partial charge in [0, 0.05) is 16.5 Å². The molecule has 1 aliphatic rings. The molecule has 17 heavy (non-hydrogen) atoms. The zero-order chi connectivity index (χ0) is 12.5. The van der Waals surface area contributed by atoms with E-state index in [1.807, 2.05) is 18.2 Å². The number of carbonyl (C=O) groups excluding carboxylic acids is 1. The van der Waals surface area contributed by atoms with Gasteiger partial charge in [-0.15, -0.1) is 0 Å². The third kappa shape index (κ3) is 1.76. The van der Waals surface area contributed by atoms with Crippen molar-refractivity contribution in [1.29, 1.82) is 0 Å². The fourth-order valence-corrected chi connectivity index (χ4v) is 2.92. The number of hydrogen-bond donors (Lipinski definition) is 0. The Bertz CT molecular complexity index is 431. The summed E-state index contributed by atoms with van der Waals surface area (Å²) in [5.74, 6) is 1.17.